The first-order valence-electron chi connectivity index (χ1n) is 7.63. The Balaban J connectivity index is 3.20. The van der Waals surface area contributed by atoms with Gasteiger partial charge in [-0.05, 0) is 7.05 Å². The Labute approximate surface area is 137 Å². The minimum absolute atomic E-state index is 0.00459. The second kappa shape index (κ2) is 17.1. The van der Waals surface area contributed by atoms with Crippen LogP contribution in [0, 0.1) is 0 Å². The molecule has 136 valence electrons. The second-order valence-electron chi connectivity index (χ2n) is 4.46. The van der Waals surface area contributed by atoms with Gasteiger partial charge in [-0.15, -0.1) is 0 Å². The number of carbonyl (C=O) groups excluding carboxylic acids is 2. The van der Waals surface area contributed by atoms with E-state index in [4.69, 9.17) is 18.9 Å². The summed E-state index contributed by atoms with van der Waals surface area (Å²) >= 11 is 0. The normalized spacial score (nSPS) is 10.5. The molecule has 2 amide bonds. The summed E-state index contributed by atoms with van der Waals surface area (Å²) in [5.41, 5.74) is 0. The standard InChI is InChI=1S/C14H29N3O6/c1-15-3-5-20-7-10-23-12-14(19)17-4-6-21-8-9-22-11-13(18)16-2/h15H,3-12H2,1-2H3,(H,16,18)(H,17,19). The van der Waals surface area contributed by atoms with E-state index < -0.39 is 0 Å². The van der Waals surface area contributed by atoms with Crippen molar-refractivity contribution in [3.05, 3.63) is 0 Å². The summed E-state index contributed by atoms with van der Waals surface area (Å²) in [6.07, 6.45) is 0. The zero-order chi connectivity index (χ0) is 17.2. The summed E-state index contributed by atoms with van der Waals surface area (Å²) in [5, 5.41) is 8.08. The molecule has 9 heteroatoms. The molecule has 0 heterocycles. The van der Waals surface area contributed by atoms with Crippen molar-refractivity contribution in [3.63, 3.8) is 0 Å². The molecule has 0 radical (unpaired) electrons. The molecule has 9 nitrogen and oxygen atoms in total. The van der Waals surface area contributed by atoms with Crippen LogP contribution >= 0.6 is 0 Å². The molecule has 0 aromatic carbocycles. The fourth-order valence-electron chi connectivity index (χ4n) is 1.33. The quantitative estimate of drug-likeness (QED) is 0.284. The first-order valence-corrected chi connectivity index (χ1v) is 7.63. The van der Waals surface area contributed by atoms with Gasteiger partial charge in [-0.3, -0.25) is 9.59 Å². The van der Waals surface area contributed by atoms with Crippen molar-refractivity contribution in [2.75, 3.05) is 80.0 Å². The maximum atomic E-state index is 11.4. The fourth-order valence-corrected chi connectivity index (χ4v) is 1.33. The number of ether oxygens (including phenoxy) is 4. The van der Waals surface area contributed by atoms with Crippen LogP contribution in [-0.2, 0) is 28.5 Å². The molecule has 0 fully saturated rings. The molecule has 0 unspecified atom stereocenters. The van der Waals surface area contributed by atoms with E-state index in [0.717, 1.165) is 6.54 Å². The first-order chi connectivity index (χ1) is 11.2. The lowest BCUT2D eigenvalue weighted by Crippen LogP contribution is -2.31. The van der Waals surface area contributed by atoms with Gasteiger partial charge in [0.05, 0.1) is 39.6 Å². The van der Waals surface area contributed by atoms with E-state index in [9.17, 15) is 9.59 Å². The monoisotopic (exact) mass is 335 g/mol. The van der Waals surface area contributed by atoms with Gasteiger partial charge in [-0.2, -0.15) is 0 Å². The Morgan fingerprint density at radius 2 is 1.22 bits per heavy atom. The maximum Gasteiger partial charge on any atom is 0.246 e. The molecule has 3 N–H and O–H groups in total. The summed E-state index contributed by atoms with van der Waals surface area (Å²) in [7, 11) is 3.40. The van der Waals surface area contributed by atoms with E-state index in [0.29, 0.717) is 46.2 Å². The van der Waals surface area contributed by atoms with Gasteiger partial charge < -0.3 is 34.9 Å². The molecule has 23 heavy (non-hydrogen) atoms. The highest BCUT2D eigenvalue weighted by atomic mass is 16.5. The molecular weight excluding hydrogens is 306 g/mol. The van der Waals surface area contributed by atoms with Crippen LogP contribution in [0.4, 0.5) is 0 Å². The molecule has 0 aliphatic heterocycles. The molecule has 0 atom stereocenters. The summed E-state index contributed by atoms with van der Waals surface area (Å²) in [6, 6.07) is 0. The molecule has 0 aliphatic rings. The topological polar surface area (TPSA) is 107 Å². The molecule has 0 saturated carbocycles. The molecule has 0 bridgehead atoms. The van der Waals surface area contributed by atoms with Crippen LogP contribution in [-0.4, -0.2) is 91.9 Å². The lowest BCUT2D eigenvalue weighted by atomic mass is 10.6. The number of hydrogen-bond donors (Lipinski definition) is 3. The van der Waals surface area contributed by atoms with E-state index in [1.807, 2.05) is 7.05 Å². The largest absolute Gasteiger partial charge is 0.378 e. The predicted octanol–water partition coefficient (Wildman–Crippen LogP) is -1.87. The van der Waals surface area contributed by atoms with Gasteiger partial charge >= 0.3 is 0 Å². The van der Waals surface area contributed by atoms with Crippen LogP contribution in [0.25, 0.3) is 0 Å². The first kappa shape index (κ1) is 21.7. The third kappa shape index (κ3) is 16.9. The Bertz CT molecular complexity index is 304. The van der Waals surface area contributed by atoms with E-state index >= 15 is 0 Å². The van der Waals surface area contributed by atoms with Crippen LogP contribution in [0.5, 0.6) is 0 Å². The molecule has 0 aromatic rings. The highest BCUT2D eigenvalue weighted by molar-refractivity contribution is 5.77. The van der Waals surface area contributed by atoms with Gasteiger partial charge in [0, 0.05) is 20.1 Å². The molecule has 0 aliphatic carbocycles. The van der Waals surface area contributed by atoms with Gasteiger partial charge in [-0.25, -0.2) is 0 Å². The Kier molecular flexibility index (Phi) is 16.2. The SMILES string of the molecule is CNCCOCCOCC(=O)NCCOCCOCC(=O)NC. The van der Waals surface area contributed by atoms with Crippen LogP contribution < -0.4 is 16.0 Å². The van der Waals surface area contributed by atoms with Crippen molar-refractivity contribution in [1.29, 1.82) is 0 Å². The van der Waals surface area contributed by atoms with Crippen LogP contribution in [0.1, 0.15) is 0 Å². The molecular formula is C14H29N3O6. The number of rotatable bonds is 16. The molecule has 0 rings (SSSR count). The van der Waals surface area contributed by atoms with E-state index in [-0.39, 0.29) is 25.0 Å². The van der Waals surface area contributed by atoms with Gasteiger partial charge in [0.15, 0.2) is 0 Å². The highest BCUT2D eigenvalue weighted by Crippen LogP contribution is 1.81. The second-order valence-corrected chi connectivity index (χ2v) is 4.46. The smallest absolute Gasteiger partial charge is 0.246 e. The maximum absolute atomic E-state index is 11.4. The Morgan fingerprint density at radius 1 is 0.696 bits per heavy atom. The summed E-state index contributed by atoms with van der Waals surface area (Å²) in [4.78, 5) is 22.3. The fraction of sp³-hybridized carbons (Fsp3) is 0.857. The van der Waals surface area contributed by atoms with Crippen molar-refractivity contribution >= 4 is 11.8 Å². The lowest BCUT2D eigenvalue weighted by molar-refractivity contribution is -0.127. The van der Waals surface area contributed by atoms with Crippen molar-refractivity contribution in [1.82, 2.24) is 16.0 Å². The summed E-state index contributed by atoms with van der Waals surface area (Å²) in [6.45, 7) is 3.76. The zero-order valence-corrected chi connectivity index (χ0v) is 14.0. The molecule has 0 saturated heterocycles. The van der Waals surface area contributed by atoms with Crippen molar-refractivity contribution in [2.45, 2.75) is 0 Å². The van der Waals surface area contributed by atoms with Gasteiger partial charge in [0.1, 0.15) is 13.2 Å². The third-order valence-electron chi connectivity index (χ3n) is 2.55. The third-order valence-corrected chi connectivity index (χ3v) is 2.55. The number of amides is 2. The minimum Gasteiger partial charge on any atom is -0.378 e. The molecule has 0 aromatic heterocycles. The van der Waals surface area contributed by atoms with Gasteiger partial charge in [-0.1, -0.05) is 0 Å². The van der Waals surface area contributed by atoms with E-state index in [2.05, 4.69) is 16.0 Å². The van der Waals surface area contributed by atoms with Crippen molar-refractivity contribution in [2.24, 2.45) is 0 Å². The Hall–Kier alpha value is -1.26. The number of likely N-dealkylation sites (N-methyl/N-ethyl adjacent to an activating group) is 2. The number of carbonyl (C=O) groups is 2. The average molecular weight is 335 g/mol. The summed E-state index contributed by atoms with van der Waals surface area (Å²) in [5.74, 6) is -0.371. The van der Waals surface area contributed by atoms with Gasteiger partial charge in [0.2, 0.25) is 11.8 Å². The predicted molar refractivity (Wildman–Crippen MR) is 84.3 cm³/mol. The van der Waals surface area contributed by atoms with Gasteiger partial charge in [0.25, 0.3) is 0 Å². The van der Waals surface area contributed by atoms with E-state index in [1.165, 1.54) is 0 Å². The average Bonchev–Trinajstić information content (AvgIpc) is 2.56. The summed E-state index contributed by atoms with van der Waals surface area (Å²) < 4.78 is 20.7. The van der Waals surface area contributed by atoms with Crippen molar-refractivity contribution in [3.8, 4) is 0 Å². The Morgan fingerprint density at radius 3 is 1.78 bits per heavy atom. The van der Waals surface area contributed by atoms with E-state index in [1.54, 1.807) is 7.05 Å². The van der Waals surface area contributed by atoms with Crippen LogP contribution in [0.15, 0.2) is 0 Å². The van der Waals surface area contributed by atoms with Crippen LogP contribution in [0.3, 0.4) is 0 Å². The highest BCUT2D eigenvalue weighted by Gasteiger charge is 2.01. The zero-order valence-electron chi connectivity index (χ0n) is 14.0. The minimum atomic E-state index is -0.195. The van der Waals surface area contributed by atoms with Crippen LogP contribution in [0.2, 0.25) is 0 Å². The van der Waals surface area contributed by atoms with Crippen molar-refractivity contribution < 1.29 is 28.5 Å². The molecule has 0 spiro atoms. The lowest BCUT2D eigenvalue weighted by Gasteiger charge is -2.08. The number of nitrogens with one attached hydrogen (secondary N) is 3. The number of hydrogen-bond acceptors (Lipinski definition) is 7.